The Morgan fingerprint density at radius 1 is 1.40 bits per heavy atom. The molecule has 0 fully saturated rings. The van der Waals surface area contributed by atoms with E-state index in [0.717, 1.165) is 0 Å². The van der Waals surface area contributed by atoms with Gasteiger partial charge in [0.25, 0.3) is 0 Å². The van der Waals surface area contributed by atoms with E-state index in [1.54, 1.807) is 0 Å². The average molecular weight is 526 g/mol. The molecule has 0 saturated carbocycles. The third kappa shape index (κ3) is 17.7. The second-order valence-corrected chi connectivity index (χ2v) is 0. The van der Waals surface area contributed by atoms with Crippen molar-refractivity contribution >= 4 is 48.9 Å². The zero-order valence-corrected chi connectivity index (χ0v) is 12.4. The molecular formula is H2BaCuGdOSm. The van der Waals surface area contributed by atoms with E-state index < -0.39 is 0 Å². The molecule has 0 aromatic rings. The largest absolute Gasteiger partial charge is 0 e. The monoisotopic (exact) mass is 529 g/mol. The molecule has 0 aromatic heterocycles. The first-order valence-electron chi connectivity index (χ1n) is 0.123. The number of rotatable bonds is 0. The first kappa shape index (κ1) is 22.7. The van der Waals surface area contributed by atoms with Gasteiger partial charge >= 0.3 is 68.7 Å². The van der Waals surface area contributed by atoms with Crippen LogP contribution in [0.15, 0.2) is 0 Å². The summed E-state index contributed by atoms with van der Waals surface area (Å²) < 4.78 is 7.81. The van der Waals surface area contributed by atoms with Crippen LogP contribution in [-0.4, -0.2) is 48.9 Å². The summed E-state index contributed by atoms with van der Waals surface area (Å²) in [6, 6.07) is 0. The maximum Gasteiger partial charge on any atom is 0 e. The van der Waals surface area contributed by atoms with E-state index in [2.05, 4.69) is 15.9 Å². The van der Waals surface area contributed by atoms with Gasteiger partial charge in [-0.3, -0.25) is 0 Å². The molecule has 0 unspecified atom stereocenters. The van der Waals surface area contributed by atoms with Gasteiger partial charge in [-0.05, 0) is 0 Å². The number of hydrogen-bond acceptors (Lipinski definition) is 1. The molecule has 35 valence electrons. The third-order valence-electron chi connectivity index (χ3n) is 0. The van der Waals surface area contributed by atoms with Gasteiger partial charge in [0, 0.05) is 80.3 Å². The van der Waals surface area contributed by atoms with Crippen LogP contribution < -0.4 is 0 Å². The molecule has 0 radical (unpaired) electrons. The molecule has 0 spiro atoms. The average Bonchev–Trinajstić information content (AvgIpc) is 1.00. The van der Waals surface area contributed by atoms with Gasteiger partial charge in [0.15, 0.2) is 0 Å². The Morgan fingerprint density at radius 2 is 1.40 bits per heavy atom. The Hall–Kier alpha value is 4.55. The molecule has 0 aliphatic carbocycles. The second-order valence-electron chi connectivity index (χ2n) is 0. The van der Waals surface area contributed by atoms with Crippen molar-refractivity contribution in [3.63, 3.8) is 0 Å². The molecule has 0 atom stereocenters. The minimum absolute atomic E-state index is 0. The van der Waals surface area contributed by atoms with E-state index >= 15 is 0 Å². The van der Waals surface area contributed by atoms with Crippen molar-refractivity contribution in [2.45, 2.75) is 0 Å². The van der Waals surface area contributed by atoms with Crippen LogP contribution in [0.2, 0.25) is 0 Å². The Morgan fingerprint density at radius 3 is 1.40 bits per heavy atom. The van der Waals surface area contributed by atoms with Gasteiger partial charge in [0.1, 0.15) is 0 Å². The fourth-order valence-corrected chi connectivity index (χ4v) is 0. The number of hydrogen-bond donors (Lipinski definition) is 0. The SMILES string of the molecule is [Ba+2].[Gd].[H-].[H-].[O]=[Cu].[Sm]. The van der Waals surface area contributed by atoms with Crippen LogP contribution in [0.5, 0.6) is 0 Å². The minimum atomic E-state index is 0. The predicted octanol–water partition coefficient (Wildman–Crippen LogP) is -0.277. The summed E-state index contributed by atoms with van der Waals surface area (Å²) in [6.07, 6.45) is 0. The molecule has 0 saturated heterocycles. The summed E-state index contributed by atoms with van der Waals surface area (Å²) in [5, 5.41) is 0. The van der Waals surface area contributed by atoms with Gasteiger partial charge in [0.2, 0.25) is 0 Å². The van der Waals surface area contributed by atoms with Crippen LogP contribution in [0.1, 0.15) is 2.85 Å². The maximum atomic E-state index is 7.81. The van der Waals surface area contributed by atoms with Gasteiger partial charge in [-0.25, -0.2) is 0 Å². The van der Waals surface area contributed by atoms with Crippen molar-refractivity contribution in [1.82, 2.24) is 0 Å². The van der Waals surface area contributed by atoms with Crippen molar-refractivity contribution in [1.29, 1.82) is 0 Å². The van der Waals surface area contributed by atoms with E-state index in [1.807, 2.05) is 0 Å². The maximum absolute atomic E-state index is 7.81. The molecule has 5 heteroatoms. The molecule has 0 rings (SSSR count). The zero-order chi connectivity index (χ0) is 2.00. The van der Waals surface area contributed by atoms with E-state index in [4.69, 9.17) is 3.83 Å². The molecule has 5 heavy (non-hydrogen) atoms. The zero-order valence-electron chi connectivity index (χ0n) is 4.18. The summed E-state index contributed by atoms with van der Waals surface area (Å²) >= 11 is 2.94. The predicted molar refractivity (Wildman–Crippen MR) is 8.66 cm³/mol. The van der Waals surface area contributed by atoms with Gasteiger partial charge in [-0.2, -0.15) is 0 Å². The third-order valence-corrected chi connectivity index (χ3v) is 0. The normalized spacial score (nSPS) is 1.20. The summed E-state index contributed by atoms with van der Waals surface area (Å²) in [4.78, 5) is 0. The summed E-state index contributed by atoms with van der Waals surface area (Å²) in [6.45, 7) is 0. The van der Waals surface area contributed by atoms with Crippen molar-refractivity contribution in [3.05, 3.63) is 0 Å². The fourth-order valence-electron chi connectivity index (χ4n) is 0. The van der Waals surface area contributed by atoms with Crippen LogP contribution in [-0.2, 0) is 19.8 Å². The van der Waals surface area contributed by atoms with Gasteiger partial charge in [-0.1, -0.05) is 0 Å². The van der Waals surface area contributed by atoms with Crippen molar-refractivity contribution in [3.8, 4) is 0 Å². The molecule has 1 nitrogen and oxygen atoms in total. The first-order valence-corrected chi connectivity index (χ1v) is 0.508. The molecular weight excluding hydrogens is 524 g/mol. The molecule has 0 N–H and O–H groups in total. The summed E-state index contributed by atoms with van der Waals surface area (Å²) in [5.74, 6) is 0. The second kappa shape index (κ2) is 23.5. The van der Waals surface area contributed by atoms with Crippen molar-refractivity contribution in [2.24, 2.45) is 0 Å². The van der Waals surface area contributed by atoms with Gasteiger partial charge in [0.05, 0.1) is 0 Å². The molecule has 0 aliphatic heterocycles. The van der Waals surface area contributed by atoms with Gasteiger partial charge < -0.3 is 2.85 Å². The smallest absolute Gasteiger partial charge is 0 e. The first-order chi connectivity index (χ1) is 1.00. The summed E-state index contributed by atoms with van der Waals surface area (Å²) in [5.41, 5.74) is 0. The standard InChI is InChI=1S/Ba.Cu.Gd.O.Sm.2H/q+2;;;;;2*-1. The van der Waals surface area contributed by atoms with E-state index in [-0.39, 0.29) is 132 Å². The Labute approximate surface area is 147 Å². The molecule has 0 bridgehead atoms. The van der Waals surface area contributed by atoms with Gasteiger partial charge in [-0.15, -0.1) is 0 Å². The fraction of sp³-hybridized carbons (Fsp3) is 0. The Balaban J connectivity index is -0.000000000500. The minimum Gasteiger partial charge on any atom is 0 e. The molecule has 0 amide bonds. The van der Waals surface area contributed by atoms with Crippen molar-refractivity contribution in [2.75, 3.05) is 0 Å². The quantitative estimate of drug-likeness (QED) is 0.398. The molecule has 0 heterocycles. The van der Waals surface area contributed by atoms with Crippen LogP contribution >= 0.6 is 0 Å². The van der Waals surface area contributed by atoms with Crippen LogP contribution in [0.3, 0.4) is 0 Å². The molecule has 0 aromatic carbocycles. The van der Waals surface area contributed by atoms with Crippen LogP contribution in [0, 0.1) is 80.3 Å². The summed E-state index contributed by atoms with van der Waals surface area (Å²) in [7, 11) is 0. The topological polar surface area (TPSA) is 17.1 Å². The van der Waals surface area contributed by atoms with Crippen LogP contribution in [0.4, 0.5) is 0 Å². The Bertz CT molecular complexity index is 17.7. The van der Waals surface area contributed by atoms with E-state index in [0.29, 0.717) is 0 Å². The van der Waals surface area contributed by atoms with E-state index in [1.165, 1.54) is 0 Å². The molecule has 0 aliphatic rings. The van der Waals surface area contributed by atoms with Crippen LogP contribution in [0.25, 0.3) is 0 Å². The Kier molecular flexibility index (Phi) is 107. The van der Waals surface area contributed by atoms with Crippen molar-refractivity contribution < 1.29 is 103 Å². The van der Waals surface area contributed by atoms with E-state index in [9.17, 15) is 0 Å².